The number of ether oxygens (including phenoxy) is 2. The van der Waals surface area contributed by atoms with Crippen LogP contribution in [0.2, 0.25) is 0 Å². The van der Waals surface area contributed by atoms with E-state index in [1.165, 1.54) is 20.3 Å². The Morgan fingerprint density at radius 3 is 1.03 bits per heavy atom. The molecule has 1 fully saturated rings. The van der Waals surface area contributed by atoms with E-state index in [9.17, 15) is 35.1 Å². The van der Waals surface area contributed by atoms with Gasteiger partial charge in [-0.15, -0.1) is 0 Å². The highest BCUT2D eigenvalue weighted by molar-refractivity contribution is 4.86. The maximum Gasteiger partial charge on any atom is 0.417 e. The Bertz CT molecular complexity index is 225. The molecular weight excluding hydrogens is 412 g/mol. The van der Waals surface area contributed by atoms with Crippen LogP contribution in [-0.2, 0) is 9.47 Å². The minimum atomic E-state index is -4.14. The molecule has 0 spiro atoms. The standard InChI is InChI=1S/C4H5F3O.C4H7F3O.C3H8.2CH3F.6CH4/c1-2-3(8-2)4(5,6)7;1-2-8-4(6,7)3-5;1-3-2;2*1-2;;;;;;/h2-3H,1H3;2-3H2,1H3;3H2,1-2H3;2*1H3;6*1H4. The van der Waals surface area contributed by atoms with Crippen LogP contribution in [0, 0.1) is 0 Å². The lowest BCUT2D eigenvalue weighted by Crippen LogP contribution is -2.22. The summed E-state index contributed by atoms with van der Waals surface area (Å²) >= 11 is 0. The van der Waals surface area contributed by atoms with Gasteiger partial charge in [-0.3, -0.25) is 8.78 Å². The molecule has 10 heteroatoms. The molecule has 0 aromatic carbocycles. The van der Waals surface area contributed by atoms with Crippen molar-refractivity contribution in [2.45, 2.75) is 103 Å². The van der Waals surface area contributed by atoms with Gasteiger partial charge in [-0.2, -0.15) is 22.0 Å². The molecule has 0 saturated carbocycles. The van der Waals surface area contributed by atoms with Crippen LogP contribution < -0.4 is 0 Å². The van der Waals surface area contributed by atoms with E-state index >= 15 is 0 Å². The Labute approximate surface area is 176 Å². The second-order valence-corrected chi connectivity index (χ2v) is 3.71. The van der Waals surface area contributed by atoms with E-state index in [0.717, 1.165) is 0 Å². The van der Waals surface area contributed by atoms with Gasteiger partial charge in [-0.05, 0) is 13.8 Å². The van der Waals surface area contributed by atoms with Crippen LogP contribution in [0.3, 0.4) is 0 Å². The first-order valence-electron chi connectivity index (χ1n) is 6.61. The predicted molar refractivity (Wildman–Crippen MR) is 113 cm³/mol. The van der Waals surface area contributed by atoms with Crippen molar-refractivity contribution in [2.75, 3.05) is 27.6 Å². The summed E-state index contributed by atoms with van der Waals surface area (Å²) in [5.74, 6) is 0. The van der Waals surface area contributed by atoms with Crippen LogP contribution in [0.25, 0.3) is 0 Å². The second-order valence-electron chi connectivity index (χ2n) is 3.71. The Kier molecular flexibility index (Phi) is 82.6. The number of halogens is 8. The van der Waals surface area contributed by atoms with Crippen molar-refractivity contribution in [3.63, 3.8) is 0 Å². The lowest BCUT2D eigenvalue weighted by molar-refractivity contribution is -0.243. The van der Waals surface area contributed by atoms with Gasteiger partial charge >= 0.3 is 12.3 Å². The summed E-state index contributed by atoms with van der Waals surface area (Å²) in [5.41, 5.74) is 0. The fraction of sp³-hybridized carbons (Fsp3) is 1.00. The lowest BCUT2D eigenvalue weighted by atomic mass is 10.3. The maximum absolute atomic E-state index is 11.6. The molecule has 1 aliphatic heterocycles. The zero-order valence-electron chi connectivity index (χ0n) is 14.1. The molecule has 2 atom stereocenters. The number of epoxide rings is 1. The lowest BCUT2D eigenvalue weighted by Gasteiger charge is -2.09. The van der Waals surface area contributed by atoms with Crippen molar-refractivity contribution in [3.8, 4) is 0 Å². The van der Waals surface area contributed by atoms with Crippen molar-refractivity contribution in [3.05, 3.63) is 0 Å². The van der Waals surface area contributed by atoms with Gasteiger partial charge in [0.1, 0.15) is 0 Å². The summed E-state index contributed by atoms with van der Waals surface area (Å²) in [6.07, 6.45) is -8.56. The molecule has 0 aliphatic carbocycles. The van der Waals surface area contributed by atoms with Crippen LogP contribution >= 0.6 is 0 Å². The van der Waals surface area contributed by atoms with Gasteiger partial charge < -0.3 is 9.47 Å². The molecule has 2 unspecified atom stereocenters. The number of alkyl halides is 8. The quantitative estimate of drug-likeness (QED) is 0.308. The van der Waals surface area contributed by atoms with E-state index in [1.54, 1.807) is 0 Å². The first kappa shape index (κ1) is 63.0. The minimum Gasteiger partial charge on any atom is -0.360 e. The van der Waals surface area contributed by atoms with Crippen molar-refractivity contribution < 1.29 is 44.6 Å². The smallest absolute Gasteiger partial charge is 0.360 e. The van der Waals surface area contributed by atoms with E-state index in [2.05, 4.69) is 23.3 Å². The maximum atomic E-state index is 11.6. The fourth-order valence-electron chi connectivity index (χ4n) is 0.779. The minimum absolute atomic E-state index is 0. The van der Waals surface area contributed by atoms with Crippen LogP contribution in [0.15, 0.2) is 0 Å². The molecular formula is C19H50F8O2. The topological polar surface area (TPSA) is 21.8 Å². The Balaban J connectivity index is -0.0000000206. The summed E-state index contributed by atoms with van der Waals surface area (Å²) in [6, 6.07) is 0. The van der Waals surface area contributed by atoms with Gasteiger partial charge in [0, 0.05) is 0 Å². The second kappa shape index (κ2) is 38.0. The molecule has 194 valence electrons. The Morgan fingerprint density at radius 1 is 0.759 bits per heavy atom. The van der Waals surface area contributed by atoms with Gasteiger partial charge in [0.25, 0.3) is 0 Å². The molecule has 1 aliphatic rings. The summed E-state index contributed by atoms with van der Waals surface area (Å²) in [5, 5.41) is 0. The normalized spacial score (nSPS) is 14.7. The molecule has 1 saturated heterocycles. The zero-order chi connectivity index (χ0) is 19.7. The third kappa shape index (κ3) is 52.2. The van der Waals surface area contributed by atoms with Gasteiger partial charge in [0.15, 0.2) is 12.8 Å². The zero-order valence-corrected chi connectivity index (χ0v) is 14.1. The van der Waals surface area contributed by atoms with Crippen LogP contribution in [0.5, 0.6) is 0 Å². The average Bonchev–Trinajstić information content (AvgIpc) is 3.22. The molecule has 1 heterocycles. The van der Waals surface area contributed by atoms with Crippen molar-refractivity contribution in [1.29, 1.82) is 0 Å². The first-order valence-corrected chi connectivity index (χ1v) is 6.61. The van der Waals surface area contributed by atoms with E-state index in [4.69, 9.17) is 0 Å². The van der Waals surface area contributed by atoms with Gasteiger partial charge in [0.05, 0.1) is 27.1 Å². The average molecular weight is 463 g/mol. The number of hydrogen-bond donors (Lipinski definition) is 0. The van der Waals surface area contributed by atoms with Crippen LogP contribution in [-0.4, -0.2) is 52.1 Å². The highest BCUT2D eigenvalue weighted by Crippen LogP contribution is 2.36. The monoisotopic (exact) mass is 462 g/mol. The van der Waals surface area contributed by atoms with E-state index < -0.39 is 31.2 Å². The fourth-order valence-corrected chi connectivity index (χ4v) is 0.779. The molecule has 0 N–H and O–H groups in total. The van der Waals surface area contributed by atoms with Crippen molar-refractivity contribution in [2.24, 2.45) is 0 Å². The third-order valence-electron chi connectivity index (χ3n) is 1.54. The summed E-state index contributed by atoms with van der Waals surface area (Å²) in [7, 11) is 1.00. The highest BCUT2D eigenvalue weighted by Gasteiger charge is 2.55. The number of hydrogen-bond acceptors (Lipinski definition) is 2. The van der Waals surface area contributed by atoms with Gasteiger partial charge in [-0.1, -0.05) is 64.8 Å². The molecule has 1 rings (SSSR count). The van der Waals surface area contributed by atoms with E-state index in [0.29, 0.717) is 14.4 Å². The van der Waals surface area contributed by atoms with Crippen LogP contribution in [0.1, 0.15) is 78.7 Å². The first-order chi connectivity index (χ1) is 10.6. The molecule has 0 radical (unpaired) electrons. The molecule has 2 nitrogen and oxygen atoms in total. The Morgan fingerprint density at radius 2 is 1.00 bits per heavy atom. The van der Waals surface area contributed by atoms with Gasteiger partial charge in [-0.25, -0.2) is 4.39 Å². The molecule has 0 aromatic rings. The molecule has 0 aromatic heterocycles. The summed E-state index contributed by atoms with van der Waals surface area (Å²) < 4.78 is 95.1. The van der Waals surface area contributed by atoms with Crippen molar-refractivity contribution >= 4 is 0 Å². The molecule has 0 amide bonds. The number of rotatable bonds is 3. The van der Waals surface area contributed by atoms with Gasteiger partial charge in [0.2, 0.25) is 0 Å². The van der Waals surface area contributed by atoms with Crippen molar-refractivity contribution in [1.82, 2.24) is 0 Å². The van der Waals surface area contributed by atoms with E-state index in [-0.39, 0.29) is 51.2 Å². The largest absolute Gasteiger partial charge is 0.417 e. The van der Waals surface area contributed by atoms with Crippen LogP contribution in [0.4, 0.5) is 35.1 Å². The predicted octanol–water partition coefficient (Wildman–Crippen LogP) is 9.33. The highest BCUT2D eigenvalue weighted by atomic mass is 19.4. The molecule has 0 bridgehead atoms. The summed E-state index contributed by atoms with van der Waals surface area (Å²) in [6.45, 7) is 5.11. The Hall–Kier alpha value is -0.640. The molecule has 29 heavy (non-hydrogen) atoms. The van der Waals surface area contributed by atoms with E-state index in [1.807, 2.05) is 0 Å². The summed E-state index contributed by atoms with van der Waals surface area (Å²) in [4.78, 5) is 0. The SMILES string of the molecule is C.C.C.C.C.C.CC1OC1C(F)(F)F.CCC.CCOC(F)(F)CF.CF.CF. The third-order valence-corrected chi connectivity index (χ3v) is 1.54.